The van der Waals surface area contributed by atoms with Crippen LogP contribution < -0.4 is 5.73 Å². The molecule has 1 aromatic heterocycles. The Bertz CT molecular complexity index is 357. The van der Waals surface area contributed by atoms with E-state index in [0.29, 0.717) is 11.3 Å². The molecule has 3 N–H and O–H groups in total. The Kier molecular flexibility index (Phi) is 5.85. The zero-order valence-corrected chi connectivity index (χ0v) is 10.3. The zero-order valence-electron chi connectivity index (χ0n) is 8.71. The van der Waals surface area contributed by atoms with Crippen molar-refractivity contribution in [3.8, 4) is 0 Å². The quantitative estimate of drug-likeness (QED) is 0.888. The van der Waals surface area contributed by atoms with Crippen molar-refractivity contribution in [1.29, 1.82) is 0 Å². The summed E-state index contributed by atoms with van der Waals surface area (Å²) in [5, 5.41) is 8.35. The maximum absolute atomic E-state index is 13.3. The second kappa shape index (κ2) is 6.12. The largest absolute Gasteiger partial charge is 0.480 e. The molecule has 0 saturated carbocycles. The minimum absolute atomic E-state index is 0.164. The van der Waals surface area contributed by atoms with E-state index < -0.39 is 22.8 Å². The summed E-state index contributed by atoms with van der Waals surface area (Å²) < 4.78 is 26.7. The number of aliphatic carboxylic acids is 1. The Labute approximate surface area is 101 Å². The van der Waals surface area contributed by atoms with Crippen LogP contribution in [0.2, 0.25) is 4.34 Å². The number of carboxylic acid groups (broad SMARTS) is 1. The summed E-state index contributed by atoms with van der Waals surface area (Å²) in [6.45, 7) is 4.00. The van der Waals surface area contributed by atoms with Gasteiger partial charge in [-0.2, -0.15) is 8.78 Å². The average Bonchev–Trinajstić information content (AvgIpc) is 2.67. The standard InChI is InChI=1S/C7H6ClF2NO2S.C2H6/c8-4-2-1-3(14-4)7(9,10)5(11)6(12)13;1-2/h1-2,5H,11H2,(H,12,13);1-2H3. The van der Waals surface area contributed by atoms with Crippen LogP contribution in [0.5, 0.6) is 0 Å². The molecule has 3 nitrogen and oxygen atoms in total. The molecule has 1 aromatic rings. The van der Waals surface area contributed by atoms with Crippen LogP contribution in [0.4, 0.5) is 8.78 Å². The first kappa shape index (κ1) is 15.3. The minimum Gasteiger partial charge on any atom is -0.480 e. The van der Waals surface area contributed by atoms with Crippen molar-refractivity contribution in [1.82, 2.24) is 0 Å². The lowest BCUT2D eigenvalue weighted by atomic mass is 10.1. The number of carbonyl (C=O) groups is 1. The average molecular weight is 272 g/mol. The van der Waals surface area contributed by atoms with Gasteiger partial charge in [0.05, 0.1) is 9.21 Å². The van der Waals surface area contributed by atoms with E-state index in [1.807, 2.05) is 13.8 Å². The molecule has 1 rings (SSSR count). The number of hydrogen-bond donors (Lipinski definition) is 2. The smallest absolute Gasteiger partial charge is 0.327 e. The molecule has 1 atom stereocenters. The van der Waals surface area contributed by atoms with Crippen molar-refractivity contribution in [3.63, 3.8) is 0 Å². The maximum Gasteiger partial charge on any atom is 0.327 e. The Hall–Kier alpha value is -0.720. The Morgan fingerprint density at radius 2 is 2.06 bits per heavy atom. The highest BCUT2D eigenvalue weighted by Crippen LogP contribution is 2.37. The van der Waals surface area contributed by atoms with Gasteiger partial charge in [-0.1, -0.05) is 25.4 Å². The highest BCUT2D eigenvalue weighted by molar-refractivity contribution is 7.16. The van der Waals surface area contributed by atoms with Crippen molar-refractivity contribution in [2.45, 2.75) is 25.8 Å². The van der Waals surface area contributed by atoms with Gasteiger partial charge >= 0.3 is 11.9 Å². The van der Waals surface area contributed by atoms with Gasteiger partial charge in [-0.15, -0.1) is 11.3 Å². The molecule has 16 heavy (non-hydrogen) atoms. The summed E-state index contributed by atoms with van der Waals surface area (Å²) in [4.78, 5) is 9.85. The van der Waals surface area contributed by atoms with E-state index in [2.05, 4.69) is 0 Å². The molecule has 0 spiro atoms. The van der Waals surface area contributed by atoms with Crippen molar-refractivity contribution in [2.24, 2.45) is 5.73 Å². The predicted molar refractivity (Wildman–Crippen MR) is 60.2 cm³/mol. The summed E-state index contributed by atoms with van der Waals surface area (Å²) in [6.07, 6.45) is 0. The van der Waals surface area contributed by atoms with Gasteiger partial charge in [-0.05, 0) is 12.1 Å². The Morgan fingerprint density at radius 3 is 2.38 bits per heavy atom. The first-order chi connectivity index (χ1) is 7.35. The molecule has 0 aliphatic carbocycles. The number of thiophene rings is 1. The molecule has 7 heteroatoms. The normalized spacial score (nSPS) is 12.6. The third kappa shape index (κ3) is 3.40. The summed E-state index contributed by atoms with van der Waals surface area (Å²) >= 11 is 6.06. The van der Waals surface area contributed by atoms with Gasteiger partial charge in [-0.25, -0.2) is 0 Å². The fourth-order valence-corrected chi connectivity index (χ4v) is 1.86. The molecule has 1 unspecified atom stereocenters. The molecule has 92 valence electrons. The van der Waals surface area contributed by atoms with Crippen LogP contribution in [-0.4, -0.2) is 17.1 Å². The lowest BCUT2D eigenvalue weighted by Crippen LogP contribution is -2.44. The number of rotatable bonds is 3. The van der Waals surface area contributed by atoms with Crippen molar-refractivity contribution in [3.05, 3.63) is 21.3 Å². The van der Waals surface area contributed by atoms with E-state index in [1.165, 1.54) is 6.07 Å². The lowest BCUT2D eigenvalue weighted by molar-refractivity contribution is -0.149. The summed E-state index contributed by atoms with van der Waals surface area (Å²) in [6, 6.07) is 0.0806. The fourth-order valence-electron chi connectivity index (χ4n) is 0.802. The van der Waals surface area contributed by atoms with Gasteiger partial charge < -0.3 is 10.8 Å². The Balaban J connectivity index is 0.00000106. The Morgan fingerprint density at radius 1 is 1.56 bits per heavy atom. The summed E-state index contributed by atoms with van der Waals surface area (Å²) in [5.74, 6) is -5.34. The molecule has 0 amide bonds. The van der Waals surface area contributed by atoms with Crippen LogP contribution in [0.3, 0.4) is 0 Å². The van der Waals surface area contributed by atoms with Crippen molar-refractivity contribution in [2.75, 3.05) is 0 Å². The van der Waals surface area contributed by atoms with Crippen LogP contribution in [-0.2, 0) is 10.7 Å². The first-order valence-electron chi connectivity index (χ1n) is 4.47. The number of nitrogens with two attached hydrogens (primary N) is 1. The first-order valence-corrected chi connectivity index (χ1v) is 5.67. The van der Waals surface area contributed by atoms with E-state index >= 15 is 0 Å². The van der Waals surface area contributed by atoms with Gasteiger partial charge in [0, 0.05) is 0 Å². The van der Waals surface area contributed by atoms with E-state index in [0.717, 1.165) is 6.07 Å². The lowest BCUT2D eigenvalue weighted by Gasteiger charge is -2.18. The second-order valence-electron chi connectivity index (χ2n) is 2.54. The second-order valence-corrected chi connectivity index (χ2v) is 4.26. The van der Waals surface area contributed by atoms with Crippen molar-refractivity contribution >= 4 is 28.9 Å². The minimum atomic E-state index is -3.59. The molecule has 0 aliphatic heterocycles. The molecule has 0 fully saturated rings. The molecule has 0 bridgehead atoms. The molecule has 0 aliphatic rings. The van der Waals surface area contributed by atoms with Gasteiger partial charge in [0.25, 0.3) is 0 Å². The van der Waals surface area contributed by atoms with Gasteiger partial charge in [0.15, 0.2) is 6.04 Å². The predicted octanol–water partition coefficient (Wildman–Crippen LogP) is 2.93. The third-order valence-corrected chi connectivity index (χ3v) is 2.88. The maximum atomic E-state index is 13.3. The highest BCUT2D eigenvalue weighted by Gasteiger charge is 2.44. The number of halogens is 3. The zero-order chi connectivity index (χ0) is 12.9. The fraction of sp³-hybridized carbons (Fsp3) is 0.444. The van der Waals surface area contributed by atoms with Crippen molar-refractivity contribution < 1.29 is 18.7 Å². The van der Waals surface area contributed by atoms with Gasteiger partial charge in [-0.3, -0.25) is 4.79 Å². The van der Waals surface area contributed by atoms with Gasteiger partial charge in [0.1, 0.15) is 0 Å². The molecular weight excluding hydrogens is 260 g/mol. The highest BCUT2D eigenvalue weighted by atomic mass is 35.5. The van der Waals surface area contributed by atoms with E-state index in [1.54, 1.807) is 0 Å². The van der Waals surface area contributed by atoms with Crippen LogP contribution in [0, 0.1) is 0 Å². The number of hydrogen-bond acceptors (Lipinski definition) is 3. The summed E-state index contributed by atoms with van der Waals surface area (Å²) in [7, 11) is 0. The van der Waals surface area contributed by atoms with E-state index in [4.69, 9.17) is 22.4 Å². The monoisotopic (exact) mass is 271 g/mol. The molecule has 0 saturated heterocycles. The third-order valence-electron chi connectivity index (χ3n) is 1.56. The van der Waals surface area contributed by atoms with Crippen LogP contribution >= 0.6 is 22.9 Å². The summed E-state index contributed by atoms with van der Waals surface area (Å²) in [5.41, 5.74) is 4.85. The SMILES string of the molecule is CC.NC(C(=O)O)C(F)(F)c1ccc(Cl)s1. The molecule has 1 heterocycles. The van der Waals surface area contributed by atoms with Crippen LogP contribution in [0.15, 0.2) is 12.1 Å². The van der Waals surface area contributed by atoms with Gasteiger partial charge in [0.2, 0.25) is 0 Å². The van der Waals surface area contributed by atoms with E-state index in [9.17, 15) is 13.6 Å². The van der Waals surface area contributed by atoms with Crippen LogP contribution in [0.25, 0.3) is 0 Å². The topological polar surface area (TPSA) is 63.3 Å². The number of carboxylic acids is 1. The molecular formula is C9H12ClF2NO2S. The molecule has 0 aromatic carbocycles. The van der Waals surface area contributed by atoms with Crippen LogP contribution in [0.1, 0.15) is 18.7 Å². The number of alkyl halides is 2. The molecule has 0 radical (unpaired) electrons. The van der Waals surface area contributed by atoms with E-state index in [-0.39, 0.29) is 4.34 Å².